The van der Waals surface area contributed by atoms with Crippen molar-refractivity contribution in [2.45, 2.75) is 37.1 Å². The van der Waals surface area contributed by atoms with Crippen molar-refractivity contribution in [1.82, 2.24) is 5.32 Å². The summed E-state index contributed by atoms with van der Waals surface area (Å²) in [6.07, 6.45) is 2.80. The van der Waals surface area contributed by atoms with Gasteiger partial charge in [0.15, 0.2) is 0 Å². The number of fused-ring (bicyclic) bond motifs is 1. The third kappa shape index (κ3) is 5.03. The second kappa shape index (κ2) is 9.67. The molecule has 1 atom stereocenters. The van der Waals surface area contributed by atoms with Crippen LogP contribution in [-0.2, 0) is 21.2 Å². The lowest BCUT2D eigenvalue weighted by Crippen LogP contribution is -2.42. The maximum atomic E-state index is 13.5. The molecule has 0 saturated carbocycles. The number of amides is 1. The molecule has 7 heteroatoms. The van der Waals surface area contributed by atoms with Gasteiger partial charge in [-0.25, -0.2) is 8.42 Å². The quantitative estimate of drug-likeness (QED) is 0.563. The van der Waals surface area contributed by atoms with E-state index in [-0.39, 0.29) is 23.4 Å². The third-order valence-electron chi connectivity index (χ3n) is 5.96. The molecule has 0 spiro atoms. The normalized spacial score (nSPS) is 15.4. The topological polar surface area (TPSA) is 75.7 Å². The van der Waals surface area contributed by atoms with Gasteiger partial charge in [0.1, 0.15) is 12.3 Å². The minimum absolute atomic E-state index is 0.0969. The zero-order chi connectivity index (χ0) is 23.4. The molecule has 0 saturated heterocycles. The highest BCUT2D eigenvalue weighted by Gasteiger charge is 2.29. The van der Waals surface area contributed by atoms with Gasteiger partial charge in [-0.3, -0.25) is 9.10 Å². The number of carbonyl (C=O) groups is 1. The summed E-state index contributed by atoms with van der Waals surface area (Å²) in [5.41, 5.74) is 3.78. The molecule has 1 N–H and O–H groups in total. The van der Waals surface area contributed by atoms with Gasteiger partial charge in [0.05, 0.1) is 23.7 Å². The number of nitrogens with zero attached hydrogens (tertiary/aromatic N) is 1. The lowest BCUT2D eigenvalue weighted by Gasteiger charge is -2.29. The number of carbonyl (C=O) groups excluding carboxylic acids is 1. The van der Waals surface area contributed by atoms with Gasteiger partial charge >= 0.3 is 0 Å². The molecule has 4 rings (SSSR count). The highest BCUT2D eigenvalue weighted by molar-refractivity contribution is 7.92. The summed E-state index contributed by atoms with van der Waals surface area (Å²) in [6.45, 7) is 1.62. The van der Waals surface area contributed by atoms with Crippen LogP contribution in [0.15, 0.2) is 77.7 Å². The number of benzene rings is 3. The summed E-state index contributed by atoms with van der Waals surface area (Å²) in [6, 6.07) is 21.3. The first-order valence-corrected chi connectivity index (χ1v) is 12.4. The van der Waals surface area contributed by atoms with Crippen molar-refractivity contribution in [3.8, 4) is 5.75 Å². The Morgan fingerprint density at radius 1 is 1.03 bits per heavy atom. The Hall–Kier alpha value is -3.32. The van der Waals surface area contributed by atoms with Crippen molar-refractivity contribution in [3.05, 3.63) is 89.5 Å². The second-order valence-corrected chi connectivity index (χ2v) is 10.1. The molecule has 0 fully saturated rings. The largest absolute Gasteiger partial charge is 0.497 e. The third-order valence-corrected chi connectivity index (χ3v) is 7.75. The molecule has 3 aromatic rings. The summed E-state index contributed by atoms with van der Waals surface area (Å²) >= 11 is 0. The number of hydrogen-bond acceptors (Lipinski definition) is 4. The maximum absolute atomic E-state index is 13.5. The predicted octanol–water partition coefficient (Wildman–Crippen LogP) is 4.39. The van der Waals surface area contributed by atoms with E-state index in [4.69, 9.17) is 4.74 Å². The molecule has 33 heavy (non-hydrogen) atoms. The minimum atomic E-state index is -3.97. The van der Waals surface area contributed by atoms with E-state index in [2.05, 4.69) is 11.4 Å². The van der Waals surface area contributed by atoms with Crippen LogP contribution in [0.5, 0.6) is 5.75 Å². The van der Waals surface area contributed by atoms with Crippen LogP contribution in [0.1, 0.15) is 35.6 Å². The molecular formula is C26H28N2O4S. The van der Waals surface area contributed by atoms with E-state index >= 15 is 0 Å². The van der Waals surface area contributed by atoms with Gasteiger partial charge in [-0.2, -0.15) is 0 Å². The van der Waals surface area contributed by atoms with E-state index in [9.17, 15) is 13.2 Å². The Kier molecular flexibility index (Phi) is 6.70. The Balaban J connectivity index is 1.61. The van der Waals surface area contributed by atoms with Crippen molar-refractivity contribution in [3.63, 3.8) is 0 Å². The highest BCUT2D eigenvalue weighted by Crippen LogP contribution is 2.30. The van der Waals surface area contributed by atoms with Gasteiger partial charge in [-0.1, -0.05) is 42.0 Å². The van der Waals surface area contributed by atoms with Gasteiger partial charge < -0.3 is 10.1 Å². The van der Waals surface area contributed by atoms with Gasteiger partial charge in [-0.05, 0) is 73.7 Å². The van der Waals surface area contributed by atoms with Crippen LogP contribution in [0.3, 0.4) is 0 Å². The number of rotatable bonds is 7. The molecule has 172 valence electrons. The Morgan fingerprint density at radius 3 is 2.42 bits per heavy atom. The van der Waals surface area contributed by atoms with E-state index in [0.717, 1.165) is 34.7 Å². The van der Waals surface area contributed by atoms with Gasteiger partial charge in [0.2, 0.25) is 5.91 Å². The van der Waals surface area contributed by atoms with Crippen LogP contribution in [0.4, 0.5) is 5.69 Å². The number of methoxy groups -OCH3 is 1. The van der Waals surface area contributed by atoms with Crippen molar-refractivity contribution in [2.75, 3.05) is 18.0 Å². The number of aryl methyl sites for hydroxylation is 2. The fraction of sp³-hybridized carbons (Fsp3) is 0.269. The van der Waals surface area contributed by atoms with E-state index in [1.165, 1.54) is 24.8 Å². The summed E-state index contributed by atoms with van der Waals surface area (Å²) in [5.74, 6) is 0.221. The summed E-state index contributed by atoms with van der Waals surface area (Å²) in [4.78, 5) is 13.2. The molecule has 1 amide bonds. The van der Waals surface area contributed by atoms with Crippen LogP contribution in [0.25, 0.3) is 0 Å². The van der Waals surface area contributed by atoms with Crippen LogP contribution in [-0.4, -0.2) is 28.0 Å². The van der Waals surface area contributed by atoms with Crippen LogP contribution in [0.2, 0.25) is 0 Å². The average molecular weight is 465 g/mol. The van der Waals surface area contributed by atoms with Gasteiger partial charge in [-0.15, -0.1) is 0 Å². The second-order valence-electron chi connectivity index (χ2n) is 8.23. The number of anilines is 1. The minimum Gasteiger partial charge on any atom is -0.497 e. The molecule has 0 heterocycles. The molecule has 0 aromatic heterocycles. The number of sulfonamides is 1. The molecule has 0 radical (unpaired) electrons. The Labute approximate surface area is 195 Å². The van der Waals surface area contributed by atoms with E-state index in [1.54, 1.807) is 24.3 Å². The van der Waals surface area contributed by atoms with Crippen LogP contribution >= 0.6 is 0 Å². The lowest BCUT2D eigenvalue weighted by atomic mass is 9.88. The summed E-state index contributed by atoms with van der Waals surface area (Å²) in [5, 5.41) is 3.06. The van der Waals surface area contributed by atoms with E-state index in [0.29, 0.717) is 11.4 Å². The number of nitrogens with one attached hydrogen (secondary N) is 1. The standard InChI is InChI=1S/C26H28N2O4S/c1-19-10-12-21(13-11-19)28(33(30,31)23-16-14-22(32-2)15-17-23)18-26(29)27-25-9-5-7-20-6-3-4-8-24(20)25/h3-4,6,8,10-17,25H,5,7,9,18H2,1-2H3,(H,27,29)/t25-/m1/s1. The fourth-order valence-corrected chi connectivity index (χ4v) is 5.60. The molecule has 1 aliphatic carbocycles. The molecule has 0 bridgehead atoms. The van der Waals surface area contributed by atoms with Gasteiger partial charge in [0, 0.05) is 0 Å². The zero-order valence-electron chi connectivity index (χ0n) is 18.8. The van der Waals surface area contributed by atoms with Crippen molar-refractivity contribution in [1.29, 1.82) is 0 Å². The smallest absolute Gasteiger partial charge is 0.264 e. The molecule has 6 nitrogen and oxygen atoms in total. The Bertz CT molecular complexity index is 1220. The van der Waals surface area contributed by atoms with Crippen LogP contribution < -0.4 is 14.4 Å². The lowest BCUT2D eigenvalue weighted by molar-refractivity contribution is -0.120. The first kappa shape index (κ1) is 22.9. The fourth-order valence-electron chi connectivity index (χ4n) is 4.18. The number of ether oxygens (including phenoxy) is 1. The molecule has 0 aliphatic heterocycles. The van der Waals surface area contributed by atoms with Crippen molar-refractivity contribution in [2.24, 2.45) is 0 Å². The first-order chi connectivity index (χ1) is 15.9. The van der Waals surface area contributed by atoms with Crippen molar-refractivity contribution < 1.29 is 17.9 Å². The van der Waals surface area contributed by atoms with E-state index < -0.39 is 10.0 Å². The zero-order valence-corrected chi connectivity index (χ0v) is 19.6. The first-order valence-electron chi connectivity index (χ1n) is 11.0. The van der Waals surface area contributed by atoms with Gasteiger partial charge in [0.25, 0.3) is 10.0 Å². The predicted molar refractivity (Wildman–Crippen MR) is 129 cm³/mol. The maximum Gasteiger partial charge on any atom is 0.264 e. The SMILES string of the molecule is COc1ccc(S(=O)(=O)N(CC(=O)N[C@@H]2CCCc3ccccc32)c2ccc(C)cc2)cc1. The molecular weight excluding hydrogens is 436 g/mol. The monoisotopic (exact) mass is 464 g/mol. The molecule has 1 aliphatic rings. The molecule has 3 aromatic carbocycles. The van der Waals surface area contributed by atoms with Crippen LogP contribution in [0, 0.1) is 6.92 Å². The molecule has 0 unspecified atom stereocenters. The van der Waals surface area contributed by atoms with E-state index in [1.807, 2.05) is 37.3 Å². The van der Waals surface area contributed by atoms with Crippen molar-refractivity contribution >= 4 is 21.6 Å². The highest BCUT2D eigenvalue weighted by atomic mass is 32.2. The average Bonchev–Trinajstić information content (AvgIpc) is 2.83. The summed E-state index contributed by atoms with van der Waals surface area (Å²) < 4.78 is 33.4. The summed E-state index contributed by atoms with van der Waals surface area (Å²) in [7, 11) is -2.45. The number of hydrogen-bond donors (Lipinski definition) is 1. The Morgan fingerprint density at radius 2 is 1.73 bits per heavy atom.